The molecule has 1 N–H and O–H groups in total. The second-order valence-corrected chi connectivity index (χ2v) is 10.1. The minimum Gasteiger partial charge on any atom is -0.497 e. The van der Waals surface area contributed by atoms with Gasteiger partial charge in [-0.1, -0.05) is 24.3 Å². The minimum atomic E-state index is -3.53. The largest absolute Gasteiger partial charge is 0.497 e. The molecule has 1 saturated heterocycles. The minimum absolute atomic E-state index is 0.0342. The van der Waals surface area contributed by atoms with Crippen LogP contribution in [0.1, 0.15) is 11.1 Å². The van der Waals surface area contributed by atoms with Crippen molar-refractivity contribution in [1.82, 2.24) is 14.5 Å². The third-order valence-corrected chi connectivity index (χ3v) is 7.58. The Bertz CT molecular complexity index is 1060. The molecule has 1 aliphatic rings. The molecule has 0 aliphatic carbocycles. The van der Waals surface area contributed by atoms with Crippen LogP contribution in [0.3, 0.4) is 0 Å². The normalized spacial score (nSPS) is 14.5. The highest BCUT2D eigenvalue weighted by Crippen LogP contribution is 2.14. The number of benzene rings is 2. The number of methoxy groups -OCH3 is 2. The third kappa shape index (κ3) is 7.19. The van der Waals surface area contributed by atoms with Crippen molar-refractivity contribution in [2.45, 2.75) is 12.8 Å². The molecule has 9 nitrogen and oxygen atoms in total. The van der Waals surface area contributed by atoms with Gasteiger partial charge in [0.2, 0.25) is 21.8 Å². The van der Waals surface area contributed by atoms with E-state index in [0.717, 1.165) is 16.9 Å². The SMILES string of the molecule is COc1ccc(CC(=O)NCCS(=O)(=O)N2CCN(C(=O)Cc3ccc(OC)cc3)CC2)cc1. The number of ether oxygens (including phenoxy) is 2. The van der Waals surface area contributed by atoms with Crippen LogP contribution in [0.5, 0.6) is 11.5 Å². The highest BCUT2D eigenvalue weighted by atomic mass is 32.2. The Morgan fingerprint density at radius 2 is 1.32 bits per heavy atom. The van der Waals surface area contributed by atoms with Crippen molar-refractivity contribution in [3.63, 3.8) is 0 Å². The standard InChI is InChI=1S/C24H31N3O6S/c1-32-21-7-3-19(4-8-21)17-23(28)25-11-16-34(30,31)27-14-12-26(13-15-27)24(29)18-20-5-9-22(33-2)10-6-20/h3-10H,11-18H2,1-2H3,(H,25,28). The van der Waals surface area contributed by atoms with Gasteiger partial charge in [-0.2, -0.15) is 4.31 Å². The zero-order chi connectivity index (χ0) is 24.6. The Hall–Kier alpha value is -3.11. The monoisotopic (exact) mass is 489 g/mol. The molecule has 34 heavy (non-hydrogen) atoms. The Labute approximate surface area is 200 Å². The van der Waals surface area contributed by atoms with Gasteiger partial charge in [0.1, 0.15) is 11.5 Å². The van der Waals surface area contributed by atoms with E-state index in [1.807, 2.05) is 24.3 Å². The van der Waals surface area contributed by atoms with Gasteiger partial charge in [-0.3, -0.25) is 9.59 Å². The van der Waals surface area contributed by atoms with E-state index in [1.165, 1.54) is 4.31 Å². The molecule has 1 aliphatic heterocycles. The lowest BCUT2D eigenvalue weighted by atomic mass is 10.1. The average molecular weight is 490 g/mol. The van der Waals surface area contributed by atoms with Gasteiger partial charge in [-0.15, -0.1) is 0 Å². The van der Waals surface area contributed by atoms with Crippen LogP contribution >= 0.6 is 0 Å². The molecule has 1 heterocycles. The summed E-state index contributed by atoms with van der Waals surface area (Å²) in [4.78, 5) is 26.4. The van der Waals surface area contributed by atoms with Crippen LogP contribution < -0.4 is 14.8 Å². The summed E-state index contributed by atoms with van der Waals surface area (Å²) in [6.07, 6.45) is 0.427. The van der Waals surface area contributed by atoms with E-state index in [4.69, 9.17) is 9.47 Å². The summed E-state index contributed by atoms with van der Waals surface area (Å²) in [5.74, 6) is 0.980. The van der Waals surface area contributed by atoms with Gasteiger partial charge in [-0.25, -0.2) is 8.42 Å². The second kappa shape index (κ2) is 11.8. The summed E-state index contributed by atoms with van der Waals surface area (Å²) < 4.78 is 36.9. The Balaban J connectivity index is 1.40. The second-order valence-electron chi connectivity index (χ2n) is 8.00. The zero-order valence-corrected chi connectivity index (χ0v) is 20.3. The molecule has 2 aromatic carbocycles. The van der Waals surface area contributed by atoms with Crippen LogP contribution in [-0.4, -0.2) is 82.1 Å². The average Bonchev–Trinajstić information content (AvgIpc) is 2.85. The van der Waals surface area contributed by atoms with Crippen molar-refractivity contribution in [3.8, 4) is 11.5 Å². The van der Waals surface area contributed by atoms with Gasteiger partial charge in [0.15, 0.2) is 0 Å². The summed E-state index contributed by atoms with van der Waals surface area (Å²) in [7, 11) is -0.367. The van der Waals surface area contributed by atoms with Gasteiger partial charge >= 0.3 is 0 Å². The van der Waals surface area contributed by atoms with Gasteiger partial charge in [-0.05, 0) is 35.4 Å². The number of carbonyl (C=O) groups excluding carboxylic acids is 2. The van der Waals surface area contributed by atoms with Crippen molar-refractivity contribution in [1.29, 1.82) is 0 Å². The predicted molar refractivity (Wildman–Crippen MR) is 128 cm³/mol. The zero-order valence-electron chi connectivity index (χ0n) is 19.5. The van der Waals surface area contributed by atoms with Gasteiger partial charge in [0.25, 0.3) is 0 Å². The van der Waals surface area contributed by atoms with Crippen molar-refractivity contribution in [3.05, 3.63) is 59.7 Å². The van der Waals surface area contributed by atoms with Crippen molar-refractivity contribution in [2.24, 2.45) is 0 Å². The van der Waals surface area contributed by atoms with Crippen LogP contribution in [-0.2, 0) is 32.5 Å². The first-order valence-corrected chi connectivity index (χ1v) is 12.7. The van der Waals surface area contributed by atoms with Crippen LogP contribution in [0.25, 0.3) is 0 Å². The molecular weight excluding hydrogens is 458 g/mol. The molecule has 0 bridgehead atoms. The Kier molecular flexibility index (Phi) is 8.89. The lowest BCUT2D eigenvalue weighted by Crippen LogP contribution is -2.52. The first-order valence-electron chi connectivity index (χ1n) is 11.1. The number of nitrogens with zero attached hydrogens (tertiary/aromatic N) is 2. The predicted octanol–water partition coefficient (Wildman–Crippen LogP) is 1.08. The maximum Gasteiger partial charge on any atom is 0.227 e. The number of piperazine rings is 1. The molecule has 1 fully saturated rings. The Morgan fingerprint density at radius 1 is 0.824 bits per heavy atom. The van der Waals surface area contributed by atoms with E-state index in [2.05, 4.69) is 5.32 Å². The summed E-state index contributed by atoms with van der Waals surface area (Å²) >= 11 is 0. The molecule has 0 saturated carbocycles. The molecular formula is C24H31N3O6S. The van der Waals surface area contributed by atoms with Crippen molar-refractivity contribution < 1.29 is 27.5 Å². The Morgan fingerprint density at radius 3 is 1.82 bits per heavy atom. The van der Waals surface area contributed by atoms with E-state index in [9.17, 15) is 18.0 Å². The van der Waals surface area contributed by atoms with Crippen LogP contribution in [0.15, 0.2) is 48.5 Å². The summed E-state index contributed by atoms with van der Waals surface area (Å²) in [5.41, 5.74) is 1.70. The quantitative estimate of drug-likeness (QED) is 0.536. The molecule has 0 spiro atoms. The first-order chi connectivity index (χ1) is 16.3. The molecule has 2 amide bonds. The molecule has 0 radical (unpaired) electrons. The van der Waals surface area contributed by atoms with E-state index in [0.29, 0.717) is 18.8 Å². The van der Waals surface area contributed by atoms with Gasteiger partial charge in [0.05, 0.1) is 32.8 Å². The van der Waals surface area contributed by atoms with E-state index in [1.54, 1.807) is 43.4 Å². The van der Waals surface area contributed by atoms with Gasteiger partial charge < -0.3 is 19.7 Å². The van der Waals surface area contributed by atoms with E-state index < -0.39 is 10.0 Å². The molecule has 2 aromatic rings. The molecule has 0 atom stereocenters. The van der Waals surface area contributed by atoms with E-state index >= 15 is 0 Å². The van der Waals surface area contributed by atoms with Crippen LogP contribution in [0.4, 0.5) is 0 Å². The highest BCUT2D eigenvalue weighted by molar-refractivity contribution is 7.89. The number of amides is 2. The van der Waals surface area contributed by atoms with E-state index in [-0.39, 0.29) is 50.0 Å². The molecule has 184 valence electrons. The first kappa shape index (κ1) is 25.5. The lowest BCUT2D eigenvalue weighted by Gasteiger charge is -2.34. The highest BCUT2D eigenvalue weighted by Gasteiger charge is 2.28. The van der Waals surface area contributed by atoms with Crippen LogP contribution in [0.2, 0.25) is 0 Å². The maximum absolute atomic E-state index is 12.7. The number of nitrogens with one attached hydrogen (secondary N) is 1. The maximum atomic E-state index is 12.7. The fraction of sp³-hybridized carbons (Fsp3) is 0.417. The van der Waals surface area contributed by atoms with Crippen molar-refractivity contribution in [2.75, 3.05) is 52.7 Å². The smallest absolute Gasteiger partial charge is 0.227 e. The number of sulfonamides is 1. The molecule has 10 heteroatoms. The molecule has 0 aromatic heterocycles. The topological polar surface area (TPSA) is 105 Å². The summed E-state index contributed by atoms with van der Waals surface area (Å²) in [6, 6.07) is 14.4. The third-order valence-electron chi connectivity index (χ3n) is 5.71. The fourth-order valence-corrected chi connectivity index (χ4v) is 5.02. The van der Waals surface area contributed by atoms with Gasteiger partial charge in [0, 0.05) is 32.7 Å². The van der Waals surface area contributed by atoms with Crippen LogP contribution in [0, 0.1) is 0 Å². The summed E-state index contributed by atoms with van der Waals surface area (Å²) in [6.45, 7) is 1.22. The molecule has 3 rings (SSSR count). The lowest BCUT2D eigenvalue weighted by molar-refractivity contribution is -0.131. The van der Waals surface area contributed by atoms with Crippen molar-refractivity contribution >= 4 is 21.8 Å². The molecule has 0 unspecified atom stereocenters. The fourth-order valence-electron chi connectivity index (χ4n) is 3.69. The number of hydrogen-bond donors (Lipinski definition) is 1. The number of carbonyl (C=O) groups is 2. The summed E-state index contributed by atoms with van der Waals surface area (Å²) in [5, 5.41) is 2.67. The number of rotatable bonds is 10. The number of hydrogen-bond acceptors (Lipinski definition) is 6.